The monoisotopic (exact) mass is 282 g/mol. The van der Waals surface area contributed by atoms with Crippen LogP contribution >= 0.6 is 0 Å². The van der Waals surface area contributed by atoms with E-state index in [1.54, 1.807) is 0 Å². The number of hydrogen-bond donors (Lipinski definition) is 2. The van der Waals surface area contributed by atoms with Crippen LogP contribution in [0.25, 0.3) is 0 Å². The van der Waals surface area contributed by atoms with Crippen LogP contribution in [-0.2, 0) is 0 Å². The number of hydrogen-bond acceptors (Lipinski definition) is 2. The van der Waals surface area contributed by atoms with Crippen molar-refractivity contribution < 1.29 is 10.2 Å². The lowest BCUT2D eigenvalue weighted by atomic mass is 9.69. The molecule has 0 saturated heterocycles. The van der Waals surface area contributed by atoms with Crippen LogP contribution < -0.4 is 0 Å². The Morgan fingerprint density at radius 3 is 1.95 bits per heavy atom. The van der Waals surface area contributed by atoms with E-state index >= 15 is 0 Å². The minimum atomic E-state index is 0.362. The Kier molecular flexibility index (Phi) is 7.37. The Bertz CT molecular complexity index is 246. The van der Waals surface area contributed by atoms with Crippen molar-refractivity contribution in [2.24, 2.45) is 23.7 Å². The minimum absolute atomic E-state index is 0.362. The third kappa shape index (κ3) is 4.73. The van der Waals surface area contributed by atoms with E-state index in [2.05, 4.69) is 0 Å². The molecule has 2 heteroatoms. The first-order chi connectivity index (χ1) is 9.85. The van der Waals surface area contributed by atoms with Gasteiger partial charge >= 0.3 is 0 Å². The molecular weight excluding hydrogens is 248 g/mol. The normalized spacial score (nSPS) is 34.8. The van der Waals surface area contributed by atoms with Gasteiger partial charge in [-0.3, -0.25) is 0 Å². The van der Waals surface area contributed by atoms with E-state index < -0.39 is 0 Å². The maximum atomic E-state index is 9.81. The average Bonchev–Trinajstić information content (AvgIpc) is 2.40. The van der Waals surface area contributed by atoms with E-state index in [1.807, 2.05) is 0 Å². The van der Waals surface area contributed by atoms with Crippen molar-refractivity contribution in [3.8, 4) is 0 Å². The second kappa shape index (κ2) is 9.04. The molecule has 0 spiro atoms. The summed E-state index contributed by atoms with van der Waals surface area (Å²) in [5.74, 6) is 2.60. The van der Waals surface area contributed by atoms with Gasteiger partial charge in [0, 0.05) is 13.2 Å². The molecule has 2 nitrogen and oxygen atoms in total. The van der Waals surface area contributed by atoms with Gasteiger partial charge in [0.15, 0.2) is 0 Å². The summed E-state index contributed by atoms with van der Waals surface area (Å²) in [4.78, 5) is 0. The van der Waals surface area contributed by atoms with Crippen LogP contribution in [0.1, 0.15) is 77.0 Å². The summed E-state index contributed by atoms with van der Waals surface area (Å²) in [5, 5.41) is 19.3. The number of aliphatic hydroxyl groups excluding tert-OH is 2. The molecule has 0 aliphatic heterocycles. The molecule has 0 bridgehead atoms. The highest BCUT2D eigenvalue weighted by atomic mass is 16.3. The highest BCUT2D eigenvalue weighted by molar-refractivity contribution is 4.81. The van der Waals surface area contributed by atoms with Crippen molar-refractivity contribution in [2.45, 2.75) is 77.0 Å². The highest BCUT2D eigenvalue weighted by Crippen LogP contribution is 2.39. The van der Waals surface area contributed by atoms with Gasteiger partial charge in [0.1, 0.15) is 0 Å². The van der Waals surface area contributed by atoms with Crippen LogP contribution in [0.2, 0.25) is 0 Å². The standard InChI is InChI=1S/C18H34O2/c19-13-15-7-6-10-17(14-20)18(12-11-15)16-8-4-2-1-3-5-9-16/h15-20H,1-14H2. The first-order valence-electron chi connectivity index (χ1n) is 9.07. The maximum Gasteiger partial charge on any atom is 0.0462 e. The fourth-order valence-corrected chi connectivity index (χ4v) is 4.64. The van der Waals surface area contributed by atoms with Gasteiger partial charge in [-0.05, 0) is 49.4 Å². The van der Waals surface area contributed by atoms with Gasteiger partial charge in [-0.25, -0.2) is 0 Å². The molecule has 2 aliphatic rings. The Morgan fingerprint density at radius 2 is 1.30 bits per heavy atom. The highest BCUT2D eigenvalue weighted by Gasteiger charge is 2.31. The van der Waals surface area contributed by atoms with E-state index in [0.717, 1.165) is 12.3 Å². The fraction of sp³-hybridized carbons (Fsp3) is 1.00. The van der Waals surface area contributed by atoms with Crippen molar-refractivity contribution in [1.29, 1.82) is 0 Å². The molecular formula is C18H34O2. The zero-order chi connectivity index (χ0) is 14.2. The van der Waals surface area contributed by atoms with Gasteiger partial charge in [0.2, 0.25) is 0 Å². The van der Waals surface area contributed by atoms with Gasteiger partial charge in [-0.1, -0.05) is 51.4 Å². The molecule has 0 heterocycles. The molecule has 20 heavy (non-hydrogen) atoms. The summed E-state index contributed by atoms with van der Waals surface area (Å²) in [6.45, 7) is 0.742. The minimum Gasteiger partial charge on any atom is -0.396 e. The first kappa shape index (κ1) is 16.3. The summed E-state index contributed by atoms with van der Waals surface area (Å²) >= 11 is 0. The first-order valence-corrected chi connectivity index (χ1v) is 9.07. The van der Waals surface area contributed by atoms with E-state index in [-0.39, 0.29) is 0 Å². The molecule has 0 aromatic rings. The lowest BCUT2D eigenvalue weighted by molar-refractivity contribution is 0.0795. The lowest BCUT2D eigenvalue weighted by Crippen LogP contribution is -2.29. The third-order valence-electron chi connectivity index (χ3n) is 5.95. The van der Waals surface area contributed by atoms with Crippen molar-refractivity contribution >= 4 is 0 Å². The summed E-state index contributed by atoms with van der Waals surface area (Å²) in [5.41, 5.74) is 0. The second-order valence-corrected chi connectivity index (χ2v) is 7.27. The zero-order valence-electron chi connectivity index (χ0n) is 13.1. The second-order valence-electron chi connectivity index (χ2n) is 7.27. The maximum absolute atomic E-state index is 9.81. The van der Waals surface area contributed by atoms with Crippen molar-refractivity contribution in [2.75, 3.05) is 13.2 Å². The van der Waals surface area contributed by atoms with Crippen LogP contribution in [0.15, 0.2) is 0 Å². The summed E-state index contributed by atoms with van der Waals surface area (Å²) in [6.07, 6.45) is 15.7. The molecule has 2 N–H and O–H groups in total. The smallest absolute Gasteiger partial charge is 0.0462 e. The Hall–Kier alpha value is -0.0800. The van der Waals surface area contributed by atoms with Crippen LogP contribution in [0.4, 0.5) is 0 Å². The third-order valence-corrected chi connectivity index (χ3v) is 5.95. The number of rotatable bonds is 3. The van der Waals surface area contributed by atoms with Gasteiger partial charge < -0.3 is 10.2 Å². The van der Waals surface area contributed by atoms with E-state index in [4.69, 9.17) is 0 Å². The largest absolute Gasteiger partial charge is 0.396 e. The summed E-state index contributed by atoms with van der Waals surface area (Å²) < 4.78 is 0. The van der Waals surface area contributed by atoms with E-state index in [9.17, 15) is 10.2 Å². The van der Waals surface area contributed by atoms with Crippen LogP contribution in [0.5, 0.6) is 0 Å². The van der Waals surface area contributed by atoms with E-state index in [1.165, 1.54) is 70.6 Å². The molecule has 2 aliphatic carbocycles. The zero-order valence-corrected chi connectivity index (χ0v) is 13.1. The van der Waals surface area contributed by atoms with Gasteiger partial charge in [0.05, 0.1) is 0 Å². The molecule has 0 amide bonds. The predicted octanol–water partition coefficient (Wildman–Crippen LogP) is 4.14. The Morgan fingerprint density at radius 1 is 0.600 bits per heavy atom. The predicted molar refractivity (Wildman–Crippen MR) is 83.5 cm³/mol. The Balaban J connectivity index is 1.98. The molecule has 3 atom stereocenters. The molecule has 0 radical (unpaired) electrons. The topological polar surface area (TPSA) is 40.5 Å². The summed E-state index contributed by atoms with van der Waals surface area (Å²) in [7, 11) is 0. The molecule has 3 unspecified atom stereocenters. The van der Waals surface area contributed by atoms with Gasteiger partial charge in [-0.15, -0.1) is 0 Å². The molecule has 2 fully saturated rings. The van der Waals surface area contributed by atoms with Crippen LogP contribution in [0, 0.1) is 23.7 Å². The van der Waals surface area contributed by atoms with Gasteiger partial charge in [-0.2, -0.15) is 0 Å². The van der Waals surface area contributed by atoms with E-state index in [0.29, 0.717) is 31.0 Å². The van der Waals surface area contributed by atoms with Gasteiger partial charge in [0.25, 0.3) is 0 Å². The van der Waals surface area contributed by atoms with Crippen LogP contribution in [-0.4, -0.2) is 23.4 Å². The lowest BCUT2D eigenvalue weighted by Gasteiger charge is -2.37. The van der Waals surface area contributed by atoms with Crippen molar-refractivity contribution in [3.63, 3.8) is 0 Å². The SMILES string of the molecule is OCC1CCCC(CO)C(C2CCCCCCC2)CC1. The molecule has 118 valence electrons. The molecule has 2 rings (SSSR count). The Labute approximate surface area is 125 Å². The van der Waals surface area contributed by atoms with Crippen molar-refractivity contribution in [3.05, 3.63) is 0 Å². The molecule has 2 saturated carbocycles. The molecule has 0 aromatic carbocycles. The quantitative estimate of drug-likeness (QED) is 0.816. The number of aliphatic hydroxyl groups is 2. The summed E-state index contributed by atoms with van der Waals surface area (Å²) in [6, 6.07) is 0. The molecule has 0 aromatic heterocycles. The fourth-order valence-electron chi connectivity index (χ4n) is 4.64. The van der Waals surface area contributed by atoms with Crippen molar-refractivity contribution in [1.82, 2.24) is 0 Å². The van der Waals surface area contributed by atoms with Crippen LogP contribution in [0.3, 0.4) is 0 Å². The average molecular weight is 282 g/mol.